The number of nitrogens with zero attached hydrogens (tertiary/aromatic N) is 8. The maximum atomic E-state index is 15.2. The normalized spacial score (nSPS) is 18.8. The van der Waals surface area contributed by atoms with Crippen LogP contribution in [-0.2, 0) is 74.9 Å². The first-order valence-corrected chi connectivity index (χ1v) is 32.2. The minimum atomic E-state index is -1.21. The molecule has 23 nitrogen and oxygen atoms in total. The van der Waals surface area contributed by atoms with Crippen molar-refractivity contribution < 1.29 is 56.3 Å². The van der Waals surface area contributed by atoms with E-state index in [0.717, 1.165) is 42.0 Å². The molecule has 4 aliphatic rings. The summed E-state index contributed by atoms with van der Waals surface area (Å²) in [5.74, 6) is 0.0756. The Kier molecular flexibility index (Phi) is 24.4. The molecule has 4 N–H and O–H groups in total. The zero-order valence-corrected chi connectivity index (χ0v) is 50.4. The lowest BCUT2D eigenvalue weighted by molar-refractivity contribution is -0.133. The van der Waals surface area contributed by atoms with Crippen molar-refractivity contribution in [2.24, 2.45) is 0 Å². The molecule has 3 fully saturated rings. The number of hydrogen-bond acceptors (Lipinski definition) is 15. The highest BCUT2D eigenvalue weighted by Crippen LogP contribution is 2.33. The fraction of sp³-hybridized carbons (Fsp3) is 0.492. The highest BCUT2D eigenvalue weighted by Gasteiger charge is 2.42. The Bertz CT molecular complexity index is 3130. The van der Waals surface area contributed by atoms with Crippen molar-refractivity contribution in [3.8, 4) is 5.69 Å². The molecule has 0 bridgehead atoms. The summed E-state index contributed by atoms with van der Waals surface area (Å²) >= 11 is 1.89. The van der Waals surface area contributed by atoms with Gasteiger partial charge in [0, 0.05) is 109 Å². The van der Waals surface area contributed by atoms with Gasteiger partial charge in [0.05, 0.1) is 119 Å². The van der Waals surface area contributed by atoms with Crippen molar-refractivity contribution in [3.05, 3.63) is 137 Å². The Hall–Kier alpha value is -7.36. The molecule has 5 aromatic rings. The topological polar surface area (TPSA) is 263 Å². The summed E-state index contributed by atoms with van der Waals surface area (Å²) in [7, 11) is -1.21. The van der Waals surface area contributed by atoms with E-state index in [0.29, 0.717) is 133 Å². The van der Waals surface area contributed by atoms with E-state index < -0.39 is 22.7 Å². The first-order chi connectivity index (χ1) is 42.4. The van der Waals surface area contributed by atoms with Gasteiger partial charge in [0.15, 0.2) is 0 Å². The van der Waals surface area contributed by atoms with Gasteiger partial charge in [-0.2, -0.15) is 11.8 Å². The largest absolute Gasteiger partial charge is 0.379 e. The minimum absolute atomic E-state index is 0.0101. The smallest absolute Gasteiger partial charge is 0.315 e. The number of pyridine rings is 1. The van der Waals surface area contributed by atoms with Crippen LogP contribution in [0.25, 0.3) is 5.69 Å². The molecule has 466 valence electrons. The quantitative estimate of drug-likeness (QED) is 0.0329. The van der Waals surface area contributed by atoms with Gasteiger partial charge < -0.3 is 59.5 Å². The van der Waals surface area contributed by atoms with Crippen LogP contribution in [-0.4, -0.2) is 199 Å². The molecule has 2 aromatic carbocycles. The summed E-state index contributed by atoms with van der Waals surface area (Å²) < 4.78 is 53.2. The van der Waals surface area contributed by atoms with Crippen molar-refractivity contribution in [3.63, 3.8) is 0 Å². The number of benzene rings is 2. The van der Waals surface area contributed by atoms with Crippen LogP contribution in [0.3, 0.4) is 0 Å². The number of carbonyl (C=O) groups is 6. The maximum absolute atomic E-state index is 15.2. The van der Waals surface area contributed by atoms with E-state index in [4.69, 9.17) is 18.9 Å². The minimum Gasteiger partial charge on any atom is -0.379 e. The molecular weight excluding hydrogens is 1160 g/mol. The van der Waals surface area contributed by atoms with Crippen LogP contribution in [0.4, 0.5) is 14.9 Å². The Morgan fingerprint density at radius 3 is 2.24 bits per heavy atom. The van der Waals surface area contributed by atoms with Gasteiger partial charge in [-0.25, -0.2) is 13.9 Å². The van der Waals surface area contributed by atoms with Crippen LogP contribution in [0.2, 0.25) is 0 Å². The van der Waals surface area contributed by atoms with E-state index in [-0.39, 0.29) is 85.0 Å². The molecule has 3 aromatic heterocycles. The fourth-order valence-electron chi connectivity index (χ4n) is 10.6. The zero-order chi connectivity index (χ0) is 60.7. The van der Waals surface area contributed by atoms with Gasteiger partial charge in [-0.1, -0.05) is 35.9 Å². The number of fused-ring (bicyclic) bond motifs is 1. The molecule has 0 spiro atoms. The average molecular weight is 1240 g/mol. The van der Waals surface area contributed by atoms with Crippen molar-refractivity contribution in [2.45, 2.75) is 94.3 Å². The summed E-state index contributed by atoms with van der Waals surface area (Å²) in [5.41, 5.74) is 4.19. The van der Waals surface area contributed by atoms with Gasteiger partial charge in [-0.15, -0.1) is 5.10 Å². The average Bonchev–Trinajstić information content (AvgIpc) is 4.59. The SMILES string of the molecule is O=C(CCCCC1SCC2NC(=O)NC21)NCCOCCOCCOCCOCCC(=O)Nc1ccc(Cn2cc(CCCC(=O)N3CCN(C(=O)c4ccc(CN(C(=O)Cc5ccc(-n6cccc6)cc5F)C5C=CS(=O)C5)cc4)CC3)nn2)nc1. The summed E-state index contributed by atoms with van der Waals surface area (Å²) in [6, 6.07) is 19.0. The Labute approximate surface area is 512 Å². The van der Waals surface area contributed by atoms with Crippen molar-refractivity contribution in [1.29, 1.82) is 0 Å². The Morgan fingerprint density at radius 2 is 1.53 bits per heavy atom. The third-order valence-corrected chi connectivity index (χ3v) is 18.0. The predicted molar refractivity (Wildman–Crippen MR) is 325 cm³/mol. The molecule has 7 heterocycles. The van der Waals surface area contributed by atoms with E-state index in [1.54, 1.807) is 90.2 Å². The van der Waals surface area contributed by atoms with Crippen molar-refractivity contribution in [2.75, 3.05) is 102 Å². The van der Waals surface area contributed by atoms with Gasteiger partial charge >= 0.3 is 6.03 Å². The number of hydrogen-bond donors (Lipinski definition) is 4. The molecule has 5 atom stereocenters. The highest BCUT2D eigenvalue weighted by molar-refractivity contribution is 8.00. The van der Waals surface area contributed by atoms with E-state index in [2.05, 4.69) is 36.6 Å². The van der Waals surface area contributed by atoms with E-state index in [1.807, 2.05) is 42.5 Å². The molecular formula is C61H77FN12O11S2. The number of rotatable bonds is 34. The lowest BCUT2D eigenvalue weighted by atomic mass is 10.0. The fourth-order valence-corrected chi connectivity index (χ4v) is 13.2. The lowest BCUT2D eigenvalue weighted by Gasteiger charge is -2.35. The molecule has 87 heavy (non-hydrogen) atoms. The molecule has 3 saturated heterocycles. The number of anilines is 1. The zero-order valence-electron chi connectivity index (χ0n) is 48.8. The molecule has 4 aliphatic heterocycles. The van der Waals surface area contributed by atoms with Gasteiger partial charge in [-0.05, 0) is 85.3 Å². The molecule has 0 saturated carbocycles. The molecule has 0 radical (unpaired) electrons. The Morgan fingerprint density at radius 1 is 0.793 bits per heavy atom. The second-order valence-corrected chi connectivity index (χ2v) is 24.3. The highest BCUT2D eigenvalue weighted by atomic mass is 32.2. The first-order valence-electron chi connectivity index (χ1n) is 29.7. The van der Waals surface area contributed by atoms with Crippen LogP contribution >= 0.6 is 11.8 Å². The molecule has 5 unspecified atom stereocenters. The third kappa shape index (κ3) is 19.8. The lowest BCUT2D eigenvalue weighted by Crippen LogP contribution is -2.50. The maximum Gasteiger partial charge on any atom is 0.315 e. The number of ether oxygens (including phenoxy) is 4. The van der Waals surface area contributed by atoms with Crippen LogP contribution in [0.1, 0.15) is 77.8 Å². The number of aryl methyl sites for hydroxylation is 1. The summed E-state index contributed by atoms with van der Waals surface area (Å²) in [5, 5.41) is 22.2. The summed E-state index contributed by atoms with van der Waals surface area (Å²) in [6.45, 7) is 5.58. The molecule has 26 heteroatoms. The van der Waals surface area contributed by atoms with Crippen LogP contribution < -0.4 is 21.3 Å². The number of amides is 7. The van der Waals surface area contributed by atoms with Crippen molar-refractivity contribution in [1.82, 2.24) is 55.2 Å². The number of unbranched alkanes of at least 4 members (excludes halogenated alkanes) is 1. The monoisotopic (exact) mass is 1240 g/mol. The number of aromatic nitrogens is 5. The van der Waals surface area contributed by atoms with E-state index in [9.17, 15) is 33.0 Å². The third-order valence-electron chi connectivity index (χ3n) is 15.3. The van der Waals surface area contributed by atoms with E-state index in [1.165, 1.54) is 6.07 Å². The molecule has 9 rings (SSSR count). The second-order valence-electron chi connectivity index (χ2n) is 21.6. The number of piperazine rings is 1. The van der Waals surface area contributed by atoms with Gasteiger partial charge in [0.1, 0.15) is 5.82 Å². The van der Waals surface area contributed by atoms with Crippen LogP contribution in [0, 0.1) is 5.82 Å². The van der Waals surface area contributed by atoms with Crippen LogP contribution in [0.5, 0.6) is 0 Å². The van der Waals surface area contributed by atoms with Crippen LogP contribution in [0.15, 0.2) is 103 Å². The number of urea groups is 1. The molecule has 7 amide bonds. The number of nitrogens with one attached hydrogen (secondary N) is 4. The second kappa shape index (κ2) is 33.1. The van der Waals surface area contributed by atoms with Crippen molar-refractivity contribution >= 4 is 63.8 Å². The van der Waals surface area contributed by atoms with Gasteiger partial charge in [0.2, 0.25) is 23.6 Å². The number of halogens is 1. The Balaban J connectivity index is 0.568. The van der Waals surface area contributed by atoms with Gasteiger partial charge in [-0.3, -0.25) is 33.2 Å². The molecule has 0 aliphatic carbocycles. The standard InChI is InChI=1S/C61H77FN12O11S2/c62-52-37-50(70-21-3-4-22-70)17-14-46(52)36-58(78)74(51-19-35-87(81)43-51)39-44-10-12-45(13-11-44)60(79)72-25-23-71(24-26-72)57(77)9-5-6-49-41-73(69-68-49)40-48-16-15-47(38-64-48)65-56(76)18-27-82-29-31-84-33-34-85-32-30-83-28-20-63-55(75)8-2-1-7-54-59-53(42-86-54)66-61(80)67-59/h3-4,10-17,19,21-22,35,37-38,41,51,53-54,59H,1-2,5-9,18,20,23-34,36,39-40,42-43H2,(H,63,75)(H,65,76)(H2,66,67,80). The van der Waals surface area contributed by atoms with E-state index >= 15 is 4.39 Å². The number of carbonyl (C=O) groups excluding carboxylic acids is 6. The predicted octanol–water partition coefficient (Wildman–Crippen LogP) is 4.41. The summed E-state index contributed by atoms with van der Waals surface area (Å²) in [6.07, 6.45) is 13.5. The van der Waals surface area contributed by atoms with Gasteiger partial charge in [0.25, 0.3) is 5.91 Å². The first kappa shape index (κ1) is 64.1. The summed E-state index contributed by atoms with van der Waals surface area (Å²) in [4.78, 5) is 86.3. The number of thioether (sulfide) groups is 1.